The molecule has 0 fully saturated rings. The van der Waals surface area contributed by atoms with Gasteiger partial charge in [0.2, 0.25) is 5.91 Å². The van der Waals surface area contributed by atoms with E-state index >= 15 is 0 Å². The second kappa shape index (κ2) is 7.28. The maximum absolute atomic E-state index is 11.4. The Morgan fingerprint density at radius 1 is 1.72 bits per heavy atom. The van der Waals surface area contributed by atoms with E-state index < -0.39 is 0 Å². The average molecular weight is 267 g/mol. The standard InChI is InChI=1S/C13H21N3OS/c1-5-7-10(3)14-8-12-9-18-13(15-12)16(6-2)11(4)17/h5,9-10,14H,1,6-8H2,2-4H3. The lowest BCUT2D eigenvalue weighted by molar-refractivity contribution is -0.116. The third-order valence-electron chi connectivity index (χ3n) is 2.62. The molecule has 18 heavy (non-hydrogen) atoms. The summed E-state index contributed by atoms with van der Waals surface area (Å²) < 4.78 is 0. The van der Waals surface area contributed by atoms with Gasteiger partial charge in [-0.1, -0.05) is 6.08 Å². The van der Waals surface area contributed by atoms with Crippen molar-refractivity contribution in [2.75, 3.05) is 11.4 Å². The maximum atomic E-state index is 11.4. The Labute approximate surface area is 113 Å². The highest BCUT2D eigenvalue weighted by atomic mass is 32.1. The summed E-state index contributed by atoms with van der Waals surface area (Å²) in [4.78, 5) is 17.6. The molecule has 1 aromatic rings. The molecule has 1 unspecified atom stereocenters. The van der Waals surface area contributed by atoms with Crippen molar-refractivity contribution in [1.82, 2.24) is 10.3 Å². The molecule has 1 N–H and O–H groups in total. The van der Waals surface area contributed by atoms with Gasteiger partial charge in [-0.05, 0) is 20.3 Å². The van der Waals surface area contributed by atoms with E-state index in [4.69, 9.17) is 0 Å². The van der Waals surface area contributed by atoms with Crippen molar-refractivity contribution in [3.8, 4) is 0 Å². The fourth-order valence-corrected chi connectivity index (χ4v) is 2.54. The van der Waals surface area contributed by atoms with Crippen LogP contribution in [0.3, 0.4) is 0 Å². The van der Waals surface area contributed by atoms with Crippen LogP contribution in [0.25, 0.3) is 0 Å². The Morgan fingerprint density at radius 2 is 2.44 bits per heavy atom. The number of anilines is 1. The van der Waals surface area contributed by atoms with Crippen molar-refractivity contribution in [3.05, 3.63) is 23.7 Å². The Hall–Kier alpha value is -1.20. The number of nitrogens with one attached hydrogen (secondary N) is 1. The van der Waals surface area contributed by atoms with Crippen LogP contribution in [-0.2, 0) is 11.3 Å². The average Bonchev–Trinajstić information content (AvgIpc) is 2.76. The second-order valence-electron chi connectivity index (χ2n) is 4.19. The molecule has 0 aliphatic rings. The SMILES string of the molecule is C=CCC(C)NCc1csc(N(CC)C(C)=O)n1. The number of amides is 1. The van der Waals surface area contributed by atoms with E-state index in [1.54, 1.807) is 11.8 Å². The minimum absolute atomic E-state index is 0.0337. The van der Waals surface area contributed by atoms with Crippen molar-refractivity contribution < 1.29 is 4.79 Å². The molecule has 0 aliphatic heterocycles. The summed E-state index contributed by atoms with van der Waals surface area (Å²) in [5.74, 6) is 0.0337. The van der Waals surface area contributed by atoms with Gasteiger partial charge in [-0.15, -0.1) is 17.9 Å². The molecule has 0 aromatic carbocycles. The number of carbonyl (C=O) groups is 1. The lowest BCUT2D eigenvalue weighted by Crippen LogP contribution is -2.28. The van der Waals surface area contributed by atoms with Gasteiger partial charge in [0, 0.05) is 31.4 Å². The molecule has 0 bridgehead atoms. The molecular weight excluding hydrogens is 246 g/mol. The van der Waals surface area contributed by atoms with Crippen molar-refractivity contribution in [1.29, 1.82) is 0 Å². The minimum atomic E-state index is 0.0337. The van der Waals surface area contributed by atoms with Crippen molar-refractivity contribution in [2.24, 2.45) is 0 Å². The molecule has 0 aliphatic carbocycles. The van der Waals surface area contributed by atoms with Crippen molar-refractivity contribution >= 4 is 22.4 Å². The molecule has 4 nitrogen and oxygen atoms in total. The molecule has 1 atom stereocenters. The summed E-state index contributed by atoms with van der Waals surface area (Å²) in [6.07, 6.45) is 2.84. The van der Waals surface area contributed by atoms with Crippen molar-refractivity contribution in [2.45, 2.75) is 39.8 Å². The predicted octanol–water partition coefficient (Wildman–Crippen LogP) is 2.57. The van der Waals surface area contributed by atoms with Gasteiger partial charge in [-0.3, -0.25) is 9.69 Å². The number of hydrogen-bond donors (Lipinski definition) is 1. The lowest BCUT2D eigenvalue weighted by Gasteiger charge is -2.14. The van der Waals surface area contributed by atoms with Crippen LogP contribution in [-0.4, -0.2) is 23.5 Å². The third kappa shape index (κ3) is 4.23. The fourth-order valence-electron chi connectivity index (χ4n) is 1.61. The van der Waals surface area contributed by atoms with Crippen LogP contribution in [0.2, 0.25) is 0 Å². The number of nitrogens with zero attached hydrogens (tertiary/aromatic N) is 2. The minimum Gasteiger partial charge on any atom is -0.308 e. The van der Waals surface area contributed by atoms with E-state index in [1.165, 1.54) is 11.3 Å². The molecule has 0 saturated heterocycles. The first-order chi connectivity index (χ1) is 8.58. The predicted molar refractivity (Wildman–Crippen MR) is 76.9 cm³/mol. The van der Waals surface area contributed by atoms with Gasteiger partial charge in [-0.25, -0.2) is 4.98 Å². The van der Waals surface area contributed by atoms with E-state index in [9.17, 15) is 4.79 Å². The van der Waals surface area contributed by atoms with E-state index in [0.29, 0.717) is 12.6 Å². The zero-order valence-corrected chi connectivity index (χ0v) is 12.1. The number of hydrogen-bond acceptors (Lipinski definition) is 4. The van der Waals surface area contributed by atoms with Gasteiger partial charge in [0.25, 0.3) is 0 Å². The summed E-state index contributed by atoms with van der Waals surface area (Å²) in [5, 5.41) is 6.14. The Balaban J connectivity index is 2.57. The van der Waals surface area contributed by atoms with Gasteiger partial charge in [0.05, 0.1) is 5.69 Å². The van der Waals surface area contributed by atoms with E-state index in [0.717, 1.165) is 23.8 Å². The Kier molecular flexibility index (Phi) is 6.01. The molecule has 5 heteroatoms. The van der Waals surface area contributed by atoms with Gasteiger partial charge < -0.3 is 5.32 Å². The van der Waals surface area contributed by atoms with Crippen LogP contribution in [0.1, 0.15) is 32.9 Å². The molecule has 1 rings (SSSR count). The third-order valence-corrected chi connectivity index (χ3v) is 3.53. The molecule has 100 valence electrons. The highest BCUT2D eigenvalue weighted by molar-refractivity contribution is 7.14. The number of rotatable bonds is 7. The number of aromatic nitrogens is 1. The van der Waals surface area contributed by atoms with Crippen LogP contribution in [0, 0.1) is 0 Å². The summed E-state index contributed by atoms with van der Waals surface area (Å²) in [6, 6.07) is 0.391. The Morgan fingerprint density at radius 3 is 3.00 bits per heavy atom. The van der Waals surface area contributed by atoms with E-state index in [2.05, 4.69) is 23.8 Å². The van der Waals surface area contributed by atoms with Crippen LogP contribution in [0.15, 0.2) is 18.0 Å². The fraction of sp³-hybridized carbons (Fsp3) is 0.538. The quantitative estimate of drug-likeness (QED) is 0.772. The zero-order valence-electron chi connectivity index (χ0n) is 11.3. The van der Waals surface area contributed by atoms with Gasteiger partial charge >= 0.3 is 0 Å². The van der Waals surface area contributed by atoms with Crippen molar-refractivity contribution in [3.63, 3.8) is 0 Å². The van der Waals surface area contributed by atoms with Gasteiger partial charge in [0.1, 0.15) is 0 Å². The zero-order chi connectivity index (χ0) is 13.5. The molecule has 1 amide bonds. The number of carbonyl (C=O) groups excluding carboxylic acids is 1. The smallest absolute Gasteiger partial charge is 0.225 e. The second-order valence-corrected chi connectivity index (χ2v) is 5.03. The maximum Gasteiger partial charge on any atom is 0.225 e. The first kappa shape index (κ1) is 14.9. The normalized spacial score (nSPS) is 12.2. The first-order valence-electron chi connectivity index (χ1n) is 6.15. The highest BCUT2D eigenvalue weighted by Crippen LogP contribution is 2.20. The molecule has 0 spiro atoms. The molecular formula is C13H21N3OS. The largest absolute Gasteiger partial charge is 0.308 e. The molecule has 1 aromatic heterocycles. The lowest BCUT2D eigenvalue weighted by atomic mass is 10.2. The highest BCUT2D eigenvalue weighted by Gasteiger charge is 2.13. The van der Waals surface area contributed by atoms with Gasteiger partial charge in [0.15, 0.2) is 5.13 Å². The van der Waals surface area contributed by atoms with Crippen LogP contribution < -0.4 is 10.2 Å². The molecule has 0 saturated carbocycles. The Bertz CT molecular complexity index is 403. The monoisotopic (exact) mass is 267 g/mol. The summed E-state index contributed by atoms with van der Waals surface area (Å²) in [5.41, 5.74) is 0.977. The van der Waals surface area contributed by atoms with E-state index in [1.807, 2.05) is 18.4 Å². The molecule has 1 heterocycles. The van der Waals surface area contributed by atoms with Crippen LogP contribution in [0.4, 0.5) is 5.13 Å². The molecule has 0 radical (unpaired) electrons. The number of thiazole rings is 1. The topological polar surface area (TPSA) is 45.2 Å². The van der Waals surface area contributed by atoms with Crippen LogP contribution >= 0.6 is 11.3 Å². The summed E-state index contributed by atoms with van der Waals surface area (Å²) in [6.45, 7) is 10.7. The van der Waals surface area contributed by atoms with Crippen LogP contribution in [0.5, 0.6) is 0 Å². The summed E-state index contributed by atoms with van der Waals surface area (Å²) >= 11 is 1.51. The van der Waals surface area contributed by atoms with E-state index in [-0.39, 0.29) is 5.91 Å². The van der Waals surface area contributed by atoms with Gasteiger partial charge in [-0.2, -0.15) is 0 Å². The summed E-state index contributed by atoms with van der Waals surface area (Å²) in [7, 11) is 0. The first-order valence-corrected chi connectivity index (χ1v) is 7.03.